The average Bonchev–Trinajstić information content (AvgIpc) is 2.23. The van der Waals surface area contributed by atoms with Gasteiger partial charge < -0.3 is 10.2 Å². The number of phenolic OH excluding ortho intramolecular Hbond substituents is 2. The van der Waals surface area contributed by atoms with E-state index in [1.54, 1.807) is 12.1 Å². The minimum absolute atomic E-state index is 0.260. The molecule has 0 atom stereocenters. The van der Waals surface area contributed by atoms with Crippen molar-refractivity contribution in [2.75, 3.05) is 0 Å². The molecule has 0 amide bonds. The second-order valence-corrected chi connectivity index (χ2v) is 4.43. The summed E-state index contributed by atoms with van der Waals surface area (Å²) in [6, 6.07) is 9.13. The van der Waals surface area contributed by atoms with Crippen molar-refractivity contribution < 1.29 is 10.2 Å². The summed E-state index contributed by atoms with van der Waals surface area (Å²) in [5, 5.41) is 19.6. The zero-order valence-electron chi connectivity index (χ0n) is 10.3. The zero-order chi connectivity index (χ0) is 12.6. The minimum Gasteiger partial charge on any atom is -0.508 e. The lowest BCUT2D eigenvalue weighted by molar-refractivity contribution is 0.471. The fourth-order valence-corrected chi connectivity index (χ4v) is 2.23. The van der Waals surface area contributed by atoms with Gasteiger partial charge in [-0.1, -0.05) is 18.2 Å². The van der Waals surface area contributed by atoms with Crippen LogP contribution in [0.15, 0.2) is 30.3 Å². The number of aryl methyl sites for hydroxylation is 3. The van der Waals surface area contributed by atoms with E-state index < -0.39 is 0 Å². The Bertz CT molecular complexity index is 548. The molecule has 0 heterocycles. The van der Waals surface area contributed by atoms with Gasteiger partial charge in [0.2, 0.25) is 0 Å². The predicted molar refractivity (Wildman–Crippen MR) is 69.4 cm³/mol. The Kier molecular flexibility index (Phi) is 2.80. The number of benzene rings is 2. The van der Waals surface area contributed by atoms with Crippen molar-refractivity contribution >= 4 is 0 Å². The van der Waals surface area contributed by atoms with Gasteiger partial charge >= 0.3 is 0 Å². The summed E-state index contributed by atoms with van der Waals surface area (Å²) in [5.41, 5.74) is 4.59. The topological polar surface area (TPSA) is 40.5 Å². The molecule has 0 fully saturated rings. The van der Waals surface area contributed by atoms with Crippen molar-refractivity contribution in [2.45, 2.75) is 20.8 Å². The van der Waals surface area contributed by atoms with Gasteiger partial charge in [0.05, 0.1) is 0 Å². The number of phenols is 2. The summed E-state index contributed by atoms with van der Waals surface area (Å²) in [4.78, 5) is 0. The third-order valence-corrected chi connectivity index (χ3v) is 3.02. The molecule has 2 aromatic rings. The Labute approximate surface area is 101 Å². The van der Waals surface area contributed by atoms with Crippen LogP contribution in [0.2, 0.25) is 0 Å². The Morgan fingerprint density at radius 1 is 0.824 bits per heavy atom. The smallest absolute Gasteiger partial charge is 0.126 e. The van der Waals surface area contributed by atoms with Crippen LogP contribution in [0, 0.1) is 20.8 Å². The monoisotopic (exact) mass is 228 g/mol. The van der Waals surface area contributed by atoms with Crippen molar-refractivity contribution in [3.8, 4) is 22.6 Å². The highest BCUT2D eigenvalue weighted by molar-refractivity contribution is 5.77. The van der Waals surface area contributed by atoms with Gasteiger partial charge in [0.1, 0.15) is 11.5 Å². The first kappa shape index (κ1) is 11.5. The molecular weight excluding hydrogens is 212 g/mol. The van der Waals surface area contributed by atoms with E-state index in [0.29, 0.717) is 5.75 Å². The van der Waals surface area contributed by atoms with Crippen LogP contribution in [-0.4, -0.2) is 10.2 Å². The highest BCUT2D eigenvalue weighted by Gasteiger charge is 2.12. The normalized spacial score (nSPS) is 10.5. The molecule has 0 bridgehead atoms. The molecule has 0 unspecified atom stereocenters. The SMILES string of the molecule is Cc1cccc(-c2c(C)cc(O)cc2C)c1O. The maximum absolute atomic E-state index is 10.1. The van der Waals surface area contributed by atoms with Gasteiger partial charge in [-0.3, -0.25) is 0 Å². The van der Waals surface area contributed by atoms with Gasteiger partial charge in [-0.25, -0.2) is 0 Å². The van der Waals surface area contributed by atoms with E-state index in [0.717, 1.165) is 27.8 Å². The Hall–Kier alpha value is -1.96. The molecule has 0 saturated heterocycles. The van der Waals surface area contributed by atoms with Gasteiger partial charge in [-0.05, 0) is 55.2 Å². The van der Waals surface area contributed by atoms with Gasteiger partial charge in [0, 0.05) is 5.56 Å². The molecular formula is C15H16O2. The van der Waals surface area contributed by atoms with E-state index in [1.165, 1.54) is 0 Å². The lowest BCUT2D eigenvalue weighted by Crippen LogP contribution is -1.90. The maximum atomic E-state index is 10.1. The minimum atomic E-state index is 0.260. The largest absolute Gasteiger partial charge is 0.508 e. The lowest BCUT2D eigenvalue weighted by Gasteiger charge is -2.13. The van der Waals surface area contributed by atoms with Crippen LogP contribution >= 0.6 is 0 Å². The number of hydrogen-bond donors (Lipinski definition) is 2. The van der Waals surface area contributed by atoms with Gasteiger partial charge in [0.25, 0.3) is 0 Å². The van der Waals surface area contributed by atoms with E-state index in [-0.39, 0.29) is 5.75 Å². The second kappa shape index (κ2) is 4.13. The standard InChI is InChI=1S/C15H16O2/c1-9-5-4-6-13(15(9)17)14-10(2)7-12(16)8-11(14)3/h4-8,16-17H,1-3H3. The molecule has 2 nitrogen and oxygen atoms in total. The Morgan fingerprint density at radius 2 is 1.41 bits per heavy atom. The van der Waals surface area contributed by atoms with Crippen LogP contribution in [0.1, 0.15) is 16.7 Å². The molecule has 0 radical (unpaired) electrons. The van der Waals surface area contributed by atoms with E-state index in [4.69, 9.17) is 0 Å². The van der Waals surface area contributed by atoms with Crippen molar-refractivity contribution in [2.24, 2.45) is 0 Å². The van der Waals surface area contributed by atoms with Crippen LogP contribution in [-0.2, 0) is 0 Å². The third kappa shape index (κ3) is 1.98. The second-order valence-electron chi connectivity index (χ2n) is 4.43. The molecule has 0 aliphatic carbocycles. The number of hydrogen-bond acceptors (Lipinski definition) is 2. The summed E-state index contributed by atoms with van der Waals surface area (Å²) in [6.45, 7) is 5.75. The van der Waals surface area contributed by atoms with E-state index in [2.05, 4.69) is 0 Å². The van der Waals surface area contributed by atoms with Crippen molar-refractivity contribution in [3.63, 3.8) is 0 Å². The molecule has 17 heavy (non-hydrogen) atoms. The summed E-state index contributed by atoms with van der Waals surface area (Å²) in [7, 11) is 0. The predicted octanol–water partition coefficient (Wildman–Crippen LogP) is 3.69. The van der Waals surface area contributed by atoms with E-state index in [9.17, 15) is 10.2 Å². The summed E-state index contributed by atoms with van der Waals surface area (Å²) < 4.78 is 0. The van der Waals surface area contributed by atoms with Crippen molar-refractivity contribution in [3.05, 3.63) is 47.0 Å². The molecule has 0 aliphatic rings. The fraction of sp³-hybridized carbons (Fsp3) is 0.200. The molecule has 2 N–H and O–H groups in total. The first-order valence-corrected chi connectivity index (χ1v) is 5.60. The van der Waals surface area contributed by atoms with Crippen LogP contribution < -0.4 is 0 Å². The molecule has 0 aliphatic heterocycles. The number of rotatable bonds is 1. The average molecular weight is 228 g/mol. The van der Waals surface area contributed by atoms with E-state index >= 15 is 0 Å². The van der Waals surface area contributed by atoms with Crippen molar-refractivity contribution in [1.82, 2.24) is 0 Å². The van der Waals surface area contributed by atoms with Gasteiger partial charge in [0.15, 0.2) is 0 Å². The van der Waals surface area contributed by atoms with Crippen LogP contribution in [0.4, 0.5) is 0 Å². The lowest BCUT2D eigenvalue weighted by atomic mass is 9.93. The molecule has 88 valence electrons. The molecule has 0 spiro atoms. The summed E-state index contributed by atoms with van der Waals surface area (Å²) in [6.07, 6.45) is 0. The maximum Gasteiger partial charge on any atom is 0.126 e. The number of para-hydroxylation sites is 1. The first-order chi connectivity index (χ1) is 8.00. The first-order valence-electron chi connectivity index (χ1n) is 5.60. The van der Waals surface area contributed by atoms with Crippen molar-refractivity contribution in [1.29, 1.82) is 0 Å². The highest BCUT2D eigenvalue weighted by Crippen LogP contribution is 2.37. The van der Waals surface area contributed by atoms with Crippen LogP contribution in [0.3, 0.4) is 0 Å². The fourth-order valence-electron chi connectivity index (χ4n) is 2.23. The highest BCUT2D eigenvalue weighted by atomic mass is 16.3. The molecule has 0 aromatic heterocycles. The quantitative estimate of drug-likeness (QED) is 0.781. The molecule has 2 rings (SSSR count). The number of aromatic hydroxyl groups is 2. The Balaban J connectivity index is 2.73. The molecule has 0 saturated carbocycles. The summed E-state index contributed by atoms with van der Waals surface area (Å²) >= 11 is 0. The van der Waals surface area contributed by atoms with Gasteiger partial charge in [-0.2, -0.15) is 0 Å². The molecule has 2 aromatic carbocycles. The Morgan fingerprint density at radius 3 is 2.00 bits per heavy atom. The molecule has 2 heteroatoms. The van der Waals surface area contributed by atoms with E-state index in [1.807, 2.05) is 39.0 Å². The summed E-state index contributed by atoms with van der Waals surface area (Å²) in [5.74, 6) is 0.570. The van der Waals surface area contributed by atoms with Gasteiger partial charge in [-0.15, -0.1) is 0 Å². The van der Waals surface area contributed by atoms with Crippen LogP contribution in [0.25, 0.3) is 11.1 Å². The van der Waals surface area contributed by atoms with Crippen LogP contribution in [0.5, 0.6) is 11.5 Å². The zero-order valence-corrected chi connectivity index (χ0v) is 10.3. The third-order valence-electron chi connectivity index (χ3n) is 3.02.